The smallest absolute Gasteiger partial charge is 0.355 e. The molecular weight excluding hydrogens is 256 g/mol. The summed E-state index contributed by atoms with van der Waals surface area (Å²) in [4.78, 5) is 11.6. The number of esters is 1. The molecule has 0 saturated carbocycles. The summed E-state index contributed by atoms with van der Waals surface area (Å²) in [6.45, 7) is 3.04. The van der Waals surface area contributed by atoms with Crippen molar-refractivity contribution in [1.29, 1.82) is 0 Å². The van der Waals surface area contributed by atoms with Crippen molar-refractivity contribution in [3.05, 3.63) is 18.0 Å². The number of rotatable bonds is 5. The molecule has 1 aromatic heterocycles. The van der Waals surface area contributed by atoms with Crippen LogP contribution in [0.1, 0.15) is 24.3 Å². The van der Waals surface area contributed by atoms with Crippen molar-refractivity contribution in [2.45, 2.75) is 19.1 Å². The quantitative estimate of drug-likeness (QED) is 0.793. The monoisotopic (exact) mass is 274 g/mol. The first-order chi connectivity index (χ1) is 8.24. The second-order valence-corrected chi connectivity index (χ2v) is 7.00. The number of nitrogens with two attached hydrogens (primary N) is 1. The summed E-state index contributed by atoms with van der Waals surface area (Å²) in [6, 6.07) is 1.49. The number of hydrogen-bond acceptors (Lipinski definition) is 5. The van der Waals surface area contributed by atoms with E-state index in [0.29, 0.717) is 11.4 Å². The Labute approximate surface area is 107 Å². The standard InChI is InChI=1S/C11H18N2O4S/c1-8(2)18(15,16)5-4-17-11(14)10-6-9(12)7-13(10)3/h6-8H,4-5,12H2,1-3H3. The molecule has 7 heteroatoms. The van der Waals surface area contributed by atoms with Crippen molar-refractivity contribution in [1.82, 2.24) is 4.57 Å². The zero-order chi connectivity index (χ0) is 13.9. The Balaban J connectivity index is 2.56. The van der Waals surface area contributed by atoms with Crippen LogP contribution in [0.3, 0.4) is 0 Å². The molecule has 0 bridgehead atoms. The van der Waals surface area contributed by atoms with E-state index in [1.807, 2.05) is 0 Å². The molecule has 0 atom stereocenters. The van der Waals surface area contributed by atoms with Gasteiger partial charge in [0.2, 0.25) is 0 Å². The third kappa shape index (κ3) is 3.49. The fraction of sp³-hybridized carbons (Fsp3) is 0.545. The molecule has 0 radical (unpaired) electrons. The van der Waals surface area contributed by atoms with Crippen LogP contribution in [0.4, 0.5) is 5.69 Å². The van der Waals surface area contributed by atoms with E-state index in [-0.39, 0.29) is 12.4 Å². The topological polar surface area (TPSA) is 91.4 Å². The highest BCUT2D eigenvalue weighted by atomic mass is 32.2. The van der Waals surface area contributed by atoms with Crippen LogP contribution in [-0.2, 0) is 21.6 Å². The lowest BCUT2D eigenvalue weighted by Gasteiger charge is -2.08. The molecule has 1 heterocycles. The highest BCUT2D eigenvalue weighted by Crippen LogP contribution is 2.10. The number of aromatic nitrogens is 1. The van der Waals surface area contributed by atoms with E-state index in [2.05, 4.69) is 0 Å². The zero-order valence-corrected chi connectivity index (χ0v) is 11.5. The molecule has 0 unspecified atom stereocenters. The number of sulfone groups is 1. The van der Waals surface area contributed by atoms with Crippen molar-refractivity contribution in [3.8, 4) is 0 Å². The molecule has 0 amide bonds. The van der Waals surface area contributed by atoms with Crippen LogP contribution < -0.4 is 5.73 Å². The van der Waals surface area contributed by atoms with Crippen LogP contribution >= 0.6 is 0 Å². The summed E-state index contributed by atoms with van der Waals surface area (Å²) in [6.07, 6.45) is 1.58. The van der Waals surface area contributed by atoms with Gasteiger partial charge in [0.05, 0.1) is 16.7 Å². The molecule has 0 aliphatic carbocycles. The van der Waals surface area contributed by atoms with Gasteiger partial charge in [-0.15, -0.1) is 0 Å². The van der Waals surface area contributed by atoms with Gasteiger partial charge in [-0.05, 0) is 19.9 Å². The van der Waals surface area contributed by atoms with Crippen molar-refractivity contribution in [3.63, 3.8) is 0 Å². The molecule has 0 spiro atoms. The predicted octanol–water partition coefficient (Wildman–Crippen LogP) is 0.587. The first-order valence-corrected chi connectivity index (χ1v) is 7.26. The number of aryl methyl sites for hydroxylation is 1. The summed E-state index contributed by atoms with van der Waals surface area (Å²) in [5.41, 5.74) is 6.29. The normalized spacial score (nSPS) is 11.8. The minimum absolute atomic E-state index is 0.148. The van der Waals surface area contributed by atoms with E-state index in [9.17, 15) is 13.2 Å². The molecule has 0 aliphatic heterocycles. The van der Waals surface area contributed by atoms with Crippen molar-refractivity contribution < 1.29 is 17.9 Å². The average molecular weight is 274 g/mol. The number of nitrogens with zero attached hydrogens (tertiary/aromatic N) is 1. The fourth-order valence-electron chi connectivity index (χ4n) is 1.35. The maximum atomic E-state index is 11.6. The highest BCUT2D eigenvalue weighted by Gasteiger charge is 2.18. The second kappa shape index (κ2) is 5.43. The number of nitrogen functional groups attached to an aromatic ring is 1. The Morgan fingerprint density at radius 1 is 1.50 bits per heavy atom. The number of carbonyl (C=O) groups excluding carboxylic acids is 1. The molecule has 102 valence electrons. The van der Waals surface area contributed by atoms with E-state index in [4.69, 9.17) is 10.5 Å². The van der Waals surface area contributed by atoms with E-state index in [0.717, 1.165) is 0 Å². The Morgan fingerprint density at radius 3 is 2.56 bits per heavy atom. The van der Waals surface area contributed by atoms with Gasteiger partial charge in [-0.2, -0.15) is 0 Å². The van der Waals surface area contributed by atoms with Gasteiger partial charge in [-0.3, -0.25) is 0 Å². The Kier molecular flexibility index (Phi) is 4.39. The molecular formula is C11H18N2O4S. The predicted molar refractivity (Wildman–Crippen MR) is 69.0 cm³/mol. The molecule has 0 aliphatic rings. The van der Waals surface area contributed by atoms with E-state index < -0.39 is 21.1 Å². The molecule has 18 heavy (non-hydrogen) atoms. The van der Waals surface area contributed by atoms with E-state index in [1.54, 1.807) is 27.1 Å². The summed E-state index contributed by atoms with van der Waals surface area (Å²) in [5, 5.41) is -0.470. The Hall–Kier alpha value is -1.50. The lowest BCUT2D eigenvalue weighted by molar-refractivity contribution is 0.0518. The molecule has 0 saturated heterocycles. The largest absolute Gasteiger partial charge is 0.460 e. The lowest BCUT2D eigenvalue weighted by Crippen LogP contribution is -2.22. The number of carbonyl (C=O) groups is 1. The summed E-state index contributed by atoms with van der Waals surface area (Å²) in [5.74, 6) is -0.746. The van der Waals surface area contributed by atoms with Crippen LogP contribution in [0, 0.1) is 0 Å². The SMILES string of the molecule is CC(C)S(=O)(=O)CCOC(=O)c1cc(N)cn1C. The van der Waals surface area contributed by atoms with Gasteiger partial charge in [-0.25, -0.2) is 13.2 Å². The van der Waals surface area contributed by atoms with Crippen LogP contribution in [0.5, 0.6) is 0 Å². The van der Waals surface area contributed by atoms with Gasteiger partial charge in [0.25, 0.3) is 0 Å². The van der Waals surface area contributed by atoms with E-state index >= 15 is 0 Å². The summed E-state index contributed by atoms with van der Waals surface area (Å²) in [7, 11) is -1.53. The van der Waals surface area contributed by atoms with Crippen LogP contribution in [0.15, 0.2) is 12.3 Å². The molecule has 6 nitrogen and oxygen atoms in total. The van der Waals surface area contributed by atoms with Gasteiger partial charge < -0.3 is 15.0 Å². The van der Waals surface area contributed by atoms with E-state index in [1.165, 1.54) is 10.6 Å². The van der Waals surface area contributed by atoms with Crippen LogP contribution in [-0.4, -0.2) is 36.6 Å². The lowest BCUT2D eigenvalue weighted by atomic mass is 10.4. The number of anilines is 1. The van der Waals surface area contributed by atoms with Crippen molar-refractivity contribution in [2.24, 2.45) is 7.05 Å². The zero-order valence-electron chi connectivity index (χ0n) is 10.7. The van der Waals surface area contributed by atoms with Gasteiger partial charge in [0.1, 0.15) is 12.3 Å². The highest BCUT2D eigenvalue weighted by molar-refractivity contribution is 7.91. The third-order valence-electron chi connectivity index (χ3n) is 2.55. The van der Waals surface area contributed by atoms with Crippen molar-refractivity contribution >= 4 is 21.5 Å². The Bertz CT molecular complexity index is 531. The summed E-state index contributed by atoms with van der Waals surface area (Å²) >= 11 is 0. The third-order valence-corrected chi connectivity index (χ3v) is 4.73. The maximum absolute atomic E-state index is 11.6. The van der Waals surface area contributed by atoms with Gasteiger partial charge in [0, 0.05) is 13.2 Å². The number of ether oxygens (including phenoxy) is 1. The molecule has 0 fully saturated rings. The molecule has 2 N–H and O–H groups in total. The maximum Gasteiger partial charge on any atom is 0.355 e. The molecule has 1 rings (SSSR count). The molecule has 0 aromatic carbocycles. The minimum Gasteiger partial charge on any atom is -0.460 e. The van der Waals surface area contributed by atoms with Gasteiger partial charge in [-0.1, -0.05) is 0 Å². The number of hydrogen-bond donors (Lipinski definition) is 1. The average Bonchev–Trinajstić information content (AvgIpc) is 2.57. The fourth-order valence-corrected chi connectivity index (χ4v) is 2.14. The first kappa shape index (κ1) is 14.6. The Morgan fingerprint density at radius 2 is 2.11 bits per heavy atom. The van der Waals surface area contributed by atoms with Crippen molar-refractivity contribution in [2.75, 3.05) is 18.1 Å². The van der Waals surface area contributed by atoms with Gasteiger partial charge >= 0.3 is 5.97 Å². The second-order valence-electron chi connectivity index (χ2n) is 4.32. The first-order valence-electron chi connectivity index (χ1n) is 5.54. The van der Waals surface area contributed by atoms with Crippen LogP contribution in [0.25, 0.3) is 0 Å². The molecule has 1 aromatic rings. The minimum atomic E-state index is -3.19. The van der Waals surface area contributed by atoms with Gasteiger partial charge in [0.15, 0.2) is 9.84 Å². The summed E-state index contributed by atoms with van der Waals surface area (Å²) < 4.78 is 29.5. The van der Waals surface area contributed by atoms with Crippen LogP contribution in [0.2, 0.25) is 0 Å².